The molecular formula is C28H32N4O4. The number of rotatable bonds is 8. The molecule has 0 aliphatic rings. The van der Waals surface area contributed by atoms with E-state index in [-0.39, 0.29) is 30.4 Å². The third-order valence-corrected chi connectivity index (χ3v) is 5.29. The number of benzene rings is 2. The Kier molecular flexibility index (Phi) is 8.42. The molecule has 1 unspecified atom stereocenters. The predicted octanol–water partition coefficient (Wildman–Crippen LogP) is 4.50. The summed E-state index contributed by atoms with van der Waals surface area (Å²) in [6.07, 6.45) is 1.36. The smallest absolute Gasteiger partial charge is 0.248 e. The molecule has 1 atom stereocenters. The second-order valence-corrected chi connectivity index (χ2v) is 9.60. The SMILES string of the molecule is Cc1ccc(N(C(=O)CCC(=O)Nc2ccccn2)C(C(=O)NC(C)(C)C)c2ccc(O)cc2)cc1. The fraction of sp³-hybridized carbons (Fsp3) is 0.286. The van der Waals surface area contributed by atoms with Gasteiger partial charge in [0.15, 0.2) is 0 Å². The molecule has 36 heavy (non-hydrogen) atoms. The number of aromatic nitrogens is 1. The molecule has 3 aromatic rings. The second-order valence-electron chi connectivity index (χ2n) is 9.60. The summed E-state index contributed by atoms with van der Waals surface area (Å²) in [6.45, 7) is 7.51. The van der Waals surface area contributed by atoms with E-state index in [9.17, 15) is 19.5 Å². The van der Waals surface area contributed by atoms with E-state index in [0.29, 0.717) is 17.1 Å². The lowest BCUT2D eigenvalue weighted by Crippen LogP contribution is -2.49. The first kappa shape index (κ1) is 26.4. The number of carbonyl (C=O) groups excluding carboxylic acids is 3. The minimum absolute atomic E-state index is 0.0492. The number of anilines is 2. The molecule has 0 saturated carbocycles. The van der Waals surface area contributed by atoms with Crippen molar-refractivity contribution in [1.82, 2.24) is 10.3 Å². The summed E-state index contributed by atoms with van der Waals surface area (Å²) in [5, 5.41) is 15.4. The van der Waals surface area contributed by atoms with Gasteiger partial charge in [-0.2, -0.15) is 0 Å². The van der Waals surface area contributed by atoms with E-state index >= 15 is 0 Å². The molecule has 1 heterocycles. The number of hydrogen-bond acceptors (Lipinski definition) is 5. The van der Waals surface area contributed by atoms with Crippen LogP contribution >= 0.6 is 0 Å². The molecule has 8 nitrogen and oxygen atoms in total. The topological polar surface area (TPSA) is 112 Å². The summed E-state index contributed by atoms with van der Waals surface area (Å²) in [7, 11) is 0. The van der Waals surface area contributed by atoms with Crippen LogP contribution < -0.4 is 15.5 Å². The summed E-state index contributed by atoms with van der Waals surface area (Å²) < 4.78 is 0. The molecule has 2 aromatic carbocycles. The van der Waals surface area contributed by atoms with Crippen molar-refractivity contribution in [3.8, 4) is 5.75 Å². The van der Waals surface area contributed by atoms with Gasteiger partial charge in [0.1, 0.15) is 17.6 Å². The average Bonchev–Trinajstić information content (AvgIpc) is 2.82. The molecule has 0 aliphatic carbocycles. The van der Waals surface area contributed by atoms with Crippen LogP contribution in [0.2, 0.25) is 0 Å². The van der Waals surface area contributed by atoms with Crippen LogP contribution in [0.25, 0.3) is 0 Å². The normalized spacial score (nSPS) is 11.9. The number of phenolic OH excluding ortho intramolecular Hbond substituents is 1. The second kappa shape index (κ2) is 11.5. The van der Waals surface area contributed by atoms with E-state index in [1.165, 1.54) is 17.0 Å². The van der Waals surface area contributed by atoms with Gasteiger partial charge in [-0.25, -0.2) is 4.98 Å². The summed E-state index contributed by atoms with van der Waals surface area (Å²) in [4.78, 5) is 45.2. The third-order valence-electron chi connectivity index (χ3n) is 5.29. The summed E-state index contributed by atoms with van der Waals surface area (Å²) >= 11 is 0. The van der Waals surface area contributed by atoms with Gasteiger partial charge in [-0.15, -0.1) is 0 Å². The number of aromatic hydroxyl groups is 1. The van der Waals surface area contributed by atoms with Crippen molar-refractivity contribution in [2.75, 3.05) is 10.2 Å². The Morgan fingerprint density at radius 1 is 0.944 bits per heavy atom. The lowest BCUT2D eigenvalue weighted by Gasteiger charge is -2.34. The summed E-state index contributed by atoms with van der Waals surface area (Å²) in [5.41, 5.74) is 1.51. The van der Waals surface area contributed by atoms with Crippen molar-refractivity contribution < 1.29 is 19.5 Å². The van der Waals surface area contributed by atoms with E-state index in [1.54, 1.807) is 48.7 Å². The predicted molar refractivity (Wildman–Crippen MR) is 140 cm³/mol. The van der Waals surface area contributed by atoms with Gasteiger partial charge in [0, 0.05) is 30.3 Å². The first-order valence-corrected chi connectivity index (χ1v) is 11.7. The molecule has 3 N–H and O–H groups in total. The Bertz CT molecular complexity index is 1190. The fourth-order valence-corrected chi connectivity index (χ4v) is 3.64. The van der Waals surface area contributed by atoms with Crippen LogP contribution in [-0.4, -0.2) is 33.4 Å². The number of nitrogens with one attached hydrogen (secondary N) is 2. The standard InChI is InChI=1S/C28H32N4O4/c1-19-8-12-21(13-9-19)32(25(35)17-16-24(34)30-23-7-5-6-18-29-23)26(27(36)31-28(2,3)4)20-10-14-22(33)15-11-20/h5-15,18,26,33H,16-17H2,1-4H3,(H,31,36)(H,29,30,34). The molecule has 8 heteroatoms. The first-order chi connectivity index (χ1) is 17.0. The van der Waals surface area contributed by atoms with Crippen LogP contribution in [0.4, 0.5) is 11.5 Å². The number of aryl methyl sites for hydroxylation is 1. The number of carbonyl (C=O) groups is 3. The quantitative estimate of drug-likeness (QED) is 0.432. The van der Waals surface area contributed by atoms with E-state index in [4.69, 9.17) is 0 Å². The molecule has 3 rings (SSSR count). The molecule has 188 valence electrons. The van der Waals surface area contributed by atoms with Crippen molar-refractivity contribution >= 4 is 29.2 Å². The van der Waals surface area contributed by atoms with E-state index < -0.39 is 17.5 Å². The van der Waals surface area contributed by atoms with Crippen molar-refractivity contribution in [3.63, 3.8) is 0 Å². The maximum absolute atomic E-state index is 13.6. The van der Waals surface area contributed by atoms with E-state index in [2.05, 4.69) is 15.6 Å². The van der Waals surface area contributed by atoms with E-state index in [0.717, 1.165) is 5.56 Å². The molecule has 1 aromatic heterocycles. The first-order valence-electron chi connectivity index (χ1n) is 11.7. The van der Waals surface area contributed by atoms with Gasteiger partial charge in [-0.3, -0.25) is 19.3 Å². The Balaban J connectivity index is 1.94. The Morgan fingerprint density at radius 3 is 2.19 bits per heavy atom. The Labute approximate surface area is 211 Å². The van der Waals surface area contributed by atoms with Crippen LogP contribution in [0.3, 0.4) is 0 Å². The maximum atomic E-state index is 13.6. The van der Waals surface area contributed by atoms with Gasteiger partial charge in [-0.1, -0.05) is 35.9 Å². The highest BCUT2D eigenvalue weighted by Gasteiger charge is 2.34. The largest absolute Gasteiger partial charge is 0.508 e. The molecule has 0 spiro atoms. The zero-order chi connectivity index (χ0) is 26.3. The Morgan fingerprint density at radius 2 is 1.61 bits per heavy atom. The summed E-state index contributed by atoms with van der Waals surface area (Å²) in [6, 6.07) is 17.6. The van der Waals surface area contributed by atoms with Crippen LogP contribution in [0.1, 0.15) is 50.8 Å². The molecule has 0 radical (unpaired) electrons. The zero-order valence-corrected chi connectivity index (χ0v) is 21.0. The van der Waals surface area contributed by atoms with Crippen LogP contribution in [0, 0.1) is 6.92 Å². The number of nitrogens with zero attached hydrogens (tertiary/aromatic N) is 2. The zero-order valence-electron chi connectivity index (χ0n) is 21.0. The highest BCUT2D eigenvalue weighted by molar-refractivity contribution is 6.03. The van der Waals surface area contributed by atoms with Crippen LogP contribution in [0.5, 0.6) is 5.75 Å². The molecule has 0 fully saturated rings. The summed E-state index contributed by atoms with van der Waals surface area (Å²) in [5.74, 6) is -0.673. The van der Waals surface area contributed by atoms with Crippen LogP contribution in [-0.2, 0) is 14.4 Å². The van der Waals surface area contributed by atoms with Gasteiger partial charge in [0.2, 0.25) is 17.7 Å². The van der Waals surface area contributed by atoms with Crippen molar-refractivity contribution in [3.05, 3.63) is 84.1 Å². The fourth-order valence-electron chi connectivity index (χ4n) is 3.64. The molecule has 3 amide bonds. The van der Waals surface area contributed by atoms with Gasteiger partial charge in [0.25, 0.3) is 0 Å². The van der Waals surface area contributed by atoms with Crippen molar-refractivity contribution in [2.24, 2.45) is 0 Å². The van der Waals surface area contributed by atoms with Crippen molar-refractivity contribution in [2.45, 2.75) is 52.1 Å². The van der Waals surface area contributed by atoms with E-state index in [1.807, 2.05) is 39.8 Å². The molecule has 0 saturated heterocycles. The van der Waals surface area contributed by atoms with Gasteiger partial charge < -0.3 is 15.7 Å². The lowest BCUT2D eigenvalue weighted by atomic mass is 10.00. The highest BCUT2D eigenvalue weighted by atomic mass is 16.3. The number of amides is 3. The minimum atomic E-state index is -1.01. The molecule has 0 aliphatic heterocycles. The minimum Gasteiger partial charge on any atom is -0.508 e. The van der Waals surface area contributed by atoms with Crippen LogP contribution in [0.15, 0.2) is 72.9 Å². The monoisotopic (exact) mass is 488 g/mol. The third kappa shape index (κ3) is 7.40. The molecular weight excluding hydrogens is 456 g/mol. The highest BCUT2D eigenvalue weighted by Crippen LogP contribution is 2.31. The van der Waals surface area contributed by atoms with Gasteiger partial charge in [-0.05, 0) is 69.7 Å². The molecule has 0 bridgehead atoms. The maximum Gasteiger partial charge on any atom is 0.248 e. The lowest BCUT2D eigenvalue weighted by molar-refractivity contribution is -0.128. The van der Waals surface area contributed by atoms with Gasteiger partial charge >= 0.3 is 0 Å². The van der Waals surface area contributed by atoms with Gasteiger partial charge in [0.05, 0.1) is 0 Å². The number of phenols is 1. The average molecular weight is 489 g/mol. The number of pyridine rings is 1. The van der Waals surface area contributed by atoms with Crippen molar-refractivity contribution in [1.29, 1.82) is 0 Å². The Hall–Kier alpha value is -4.20. The number of hydrogen-bond donors (Lipinski definition) is 3.